The molecule has 0 radical (unpaired) electrons. The maximum absolute atomic E-state index is 12.5. The Morgan fingerprint density at radius 1 is 1.20 bits per heavy atom. The second-order valence-corrected chi connectivity index (χ2v) is 7.35. The third-order valence-corrected chi connectivity index (χ3v) is 3.84. The van der Waals surface area contributed by atoms with E-state index in [0.29, 0.717) is 21.4 Å². The average molecular weight is 384 g/mol. The van der Waals surface area contributed by atoms with E-state index in [1.165, 1.54) is 0 Å². The number of halogens is 2. The van der Waals surface area contributed by atoms with E-state index in [4.69, 9.17) is 27.7 Å². The summed E-state index contributed by atoms with van der Waals surface area (Å²) in [6.07, 6.45) is 0. The molecule has 1 aromatic carbocycles. The Hall–Kier alpha value is -2.05. The number of amides is 2. The highest BCUT2D eigenvalue weighted by atomic mass is 35.5. The number of benzene rings is 1. The Kier molecular flexibility index (Phi) is 5.75. The molecular formula is C17H19Cl2N3O3. The Balaban J connectivity index is 2.25. The number of carbonyl (C=O) groups excluding carboxylic acids is 2. The standard InChI is InChI=1S/C17H19Cl2N3O3/c1-9-13(16(24)20-8-12(23)21-17(2,3)4)15(22-25-9)14-10(18)6-5-7-11(14)19/h5-7H,8H2,1-4H3,(H,20,24)(H,21,23). The molecule has 2 N–H and O–H groups in total. The van der Waals surface area contributed by atoms with Gasteiger partial charge in [0, 0.05) is 11.1 Å². The molecule has 0 unspecified atom stereocenters. The SMILES string of the molecule is Cc1onc(-c2c(Cl)cccc2Cl)c1C(=O)NCC(=O)NC(C)(C)C. The first-order valence-electron chi connectivity index (χ1n) is 7.60. The fraction of sp³-hybridized carbons (Fsp3) is 0.353. The smallest absolute Gasteiger partial charge is 0.257 e. The summed E-state index contributed by atoms with van der Waals surface area (Å²) in [6.45, 7) is 7.00. The van der Waals surface area contributed by atoms with Gasteiger partial charge in [-0.15, -0.1) is 0 Å². The summed E-state index contributed by atoms with van der Waals surface area (Å²) >= 11 is 12.4. The normalized spacial score (nSPS) is 11.3. The van der Waals surface area contributed by atoms with E-state index in [0.717, 1.165) is 0 Å². The van der Waals surface area contributed by atoms with Gasteiger partial charge in [0.1, 0.15) is 17.0 Å². The fourth-order valence-electron chi connectivity index (χ4n) is 2.25. The van der Waals surface area contributed by atoms with Crippen molar-refractivity contribution in [3.05, 3.63) is 39.6 Å². The molecule has 134 valence electrons. The number of nitrogens with zero attached hydrogens (tertiary/aromatic N) is 1. The van der Waals surface area contributed by atoms with Gasteiger partial charge in [-0.05, 0) is 39.8 Å². The van der Waals surface area contributed by atoms with Gasteiger partial charge in [-0.25, -0.2) is 0 Å². The molecule has 8 heteroatoms. The van der Waals surface area contributed by atoms with E-state index in [1.807, 2.05) is 20.8 Å². The maximum atomic E-state index is 12.5. The second kappa shape index (κ2) is 7.45. The minimum atomic E-state index is -0.492. The van der Waals surface area contributed by atoms with Crippen LogP contribution >= 0.6 is 23.2 Å². The average Bonchev–Trinajstić information content (AvgIpc) is 2.84. The van der Waals surface area contributed by atoms with Crippen LogP contribution in [0.2, 0.25) is 10.0 Å². The fourth-order valence-corrected chi connectivity index (χ4v) is 2.82. The third kappa shape index (κ3) is 4.74. The number of aryl methyl sites for hydroxylation is 1. The summed E-state index contributed by atoms with van der Waals surface area (Å²) in [5, 5.41) is 9.93. The molecule has 6 nitrogen and oxygen atoms in total. The zero-order valence-electron chi connectivity index (χ0n) is 14.4. The molecule has 25 heavy (non-hydrogen) atoms. The van der Waals surface area contributed by atoms with Crippen LogP contribution in [0, 0.1) is 6.92 Å². The van der Waals surface area contributed by atoms with Crippen molar-refractivity contribution < 1.29 is 14.1 Å². The molecule has 0 aliphatic heterocycles. The molecule has 2 aromatic rings. The van der Waals surface area contributed by atoms with Gasteiger partial charge < -0.3 is 15.2 Å². The Morgan fingerprint density at radius 3 is 2.36 bits per heavy atom. The number of aromatic nitrogens is 1. The Labute approximate surface area is 155 Å². The quantitative estimate of drug-likeness (QED) is 0.844. The van der Waals surface area contributed by atoms with Crippen LogP contribution in [0.25, 0.3) is 11.3 Å². The number of hydrogen-bond acceptors (Lipinski definition) is 4. The van der Waals surface area contributed by atoms with Crippen LogP contribution in [-0.4, -0.2) is 29.1 Å². The van der Waals surface area contributed by atoms with Crippen LogP contribution < -0.4 is 10.6 Å². The highest BCUT2D eigenvalue weighted by molar-refractivity contribution is 6.39. The van der Waals surface area contributed by atoms with Gasteiger partial charge in [0.05, 0.1) is 16.6 Å². The molecule has 2 rings (SSSR count). The molecule has 0 bridgehead atoms. The van der Waals surface area contributed by atoms with Crippen molar-refractivity contribution in [1.82, 2.24) is 15.8 Å². The molecule has 0 saturated heterocycles. The molecular weight excluding hydrogens is 365 g/mol. The lowest BCUT2D eigenvalue weighted by Gasteiger charge is -2.20. The second-order valence-electron chi connectivity index (χ2n) is 6.54. The zero-order chi connectivity index (χ0) is 18.8. The van der Waals surface area contributed by atoms with Gasteiger partial charge >= 0.3 is 0 Å². The molecule has 0 saturated carbocycles. The molecule has 1 heterocycles. The van der Waals surface area contributed by atoms with Crippen molar-refractivity contribution in [3.63, 3.8) is 0 Å². The van der Waals surface area contributed by atoms with Gasteiger partial charge in [0.15, 0.2) is 0 Å². The minimum Gasteiger partial charge on any atom is -0.360 e. The van der Waals surface area contributed by atoms with Crippen molar-refractivity contribution in [2.75, 3.05) is 6.54 Å². The number of nitrogens with one attached hydrogen (secondary N) is 2. The largest absolute Gasteiger partial charge is 0.360 e. The lowest BCUT2D eigenvalue weighted by molar-refractivity contribution is -0.121. The monoisotopic (exact) mass is 383 g/mol. The van der Waals surface area contributed by atoms with Gasteiger partial charge in [-0.2, -0.15) is 0 Å². The molecule has 0 fully saturated rings. The molecule has 1 aromatic heterocycles. The predicted molar refractivity (Wildman–Crippen MR) is 96.9 cm³/mol. The summed E-state index contributed by atoms with van der Waals surface area (Å²) in [7, 11) is 0. The molecule has 2 amide bonds. The Morgan fingerprint density at radius 2 is 1.80 bits per heavy atom. The summed E-state index contributed by atoms with van der Waals surface area (Å²) in [5.74, 6) is -0.485. The van der Waals surface area contributed by atoms with Crippen molar-refractivity contribution in [1.29, 1.82) is 0 Å². The van der Waals surface area contributed by atoms with Crippen LogP contribution in [0.15, 0.2) is 22.7 Å². The van der Waals surface area contributed by atoms with E-state index in [9.17, 15) is 9.59 Å². The van der Waals surface area contributed by atoms with Gasteiger partial charge in [0.25, 0.3) is 5.91 Å². The first kappa shape index (κ1) is 19.3. The maximum Gasteiger partial charge on any atom is 0.257 e. The molecule has 0 aliphatic rings. The van der Waals surface area contributed by atoms with Crippen molar-refractivity contribution in [2.24, 2.45) is 0 Å². The first-order valence-corrected chi connectivity index (χ1v) is 8.35. The van der Waals surface area contributed by atoms with Crippen LogP contribution in [0.4, 0.5) is 0 Å². The van der Waals surface area contributed by atoms with E-state index >= 15 is 0 Å². The van der Waals surface area contributed by atoms with Crippen LogP contribution in [0.1, 0.15) is 36.9 Å². The van der Waals surface area contributed by atoms with E-state index < -0.39 is 5.91 Å². The van der Waals surface area contributed by atoms with E-state index in [-0.39, 0.29) is 29.2 Å². The minimum absolute atomic E-state index is 0.170. The molecule has 0 atom stereocenters. The van der Waals surface area contributed by atoms with Crippen molar-refractivity contribution in [3.8, 4) is 11.3 Å². The highest BCUT2D eigenvalue weighted by Gasteiger charge is 2.25. The predicted octanol–water partition coefficient (Wildman–Crippen LogP) is 3.60. The van der Waals surface area contributed by atoms with Gasteiger partial charge in [0.2, 0.25) is 5.91 Å². The molecule has 0 spiro atoms. The zero-order valence-corrected chi connectivity index (χ0v) is 15.9. The van der Waals surface area contributed by atoms with E-state index in [1.54, 1.807) is 25.1 Å². The van der Waals surface area contributed by atoms with Crippen LogP contribution in [0.3, 0.4) is 0 Å². The molecule has 0 aliphatic carbocycles. The third-order valence-electron chi connectivity index (χ3n) is 3.21. The van der Waals surface area contributed by atoms with Crippen LogP contribution in [-0.2, 0) is 4.79 Å². The first-order chi connectivity index (χ1) is 11.6. The van der Waals surface area contributed by atoms with Crippen molar-refractivity contribution in [2.45, 2.75) is 33.2 Å². The highest BCUT2D eigenvalue weighted by Crippen LogP contribution is 2.36. The summed E-state index contributed by atoms with van der Waals surface area (Å²) in [5.41, 5.74) is 0.456. The number of rotatable bonds is 4. The Bertz CT molecular complexity index is 790. The lowest BCUT2D eigenvalue weighted by atomic mass is 10.1. The van der Waals surface area contributed by atoms with Crippen molar-refractivity contribution >= 4 is 35.0 Å². The summed E-state index contributed by atoms with van der Waals surface area (Å²) < 4.78 is 5.14. The van der Waals surface area contributed by atoms with Crippen LogP contribution in [0.5, 0.6) is 0 Å². The van der Waals surface area contributed by atoms with Gasteiger partial charge in [-0.1, -0.05) is 34.4 Å². The number of hydrogen-bond donors (Lipinski definition) is 2. The summed E-state index contributed by atoms with van der Waals surface area (Å²) in [4.78, 5) is 24.4. The lowest BCUT2D eigenvalue weighted by Crippen LogP contribution is -2.45. The number of carbonyl (C=O) groups is 2. The summed E-state index contributed by atoms with van der Waals surface area (Å²) in [6, 6.07) is 4.98. The topological polar surface area (TPSA) is 84.2 Å². The van der Waals surface area contributed by atoms with E-state index in [2.05, 4.69) is 15.8 Å². The van der Waals surface area contributed by atoms with Gasteiger partial charge in [-0.3, -0.25) is 9.59 Å².